The Kier molecular flexibility index (Phi) is 2.95. The van der Waals surface area contributed by atoms with Crippen molar-refractivity contribution in [1.29, 1.82) is 0 Å². The molecular weight excluding hydrogens is 248 g/mol. The van der Waals surface area contributed by atoms with Gasteiger partial charge in [0.1, 0.15) is 5.69 Å². The summed E-state index contributed by atoms with van der Waals surface area (Å²) in [6.45, 7) is 1.88. The molecule has 0 aliphatic carbocycles. The van der Waals surface area contributed by atoms with Crippen LogP contribution in [0.25, 0.3) is 22.0 Å². The molecule has 3 nitrogen and oxygen atoms in total. The lowest BCUT2D eigenvalue weighted by Crippen LogP contribution is -2.15. The van der Waals surface area contributed by atoms with E-state index in [2.05, 4.69) is 4.98 Å². The molecule has 2 N–H and O–H groups in total. The summed E-state index contributed by atoms with van der Waals surface area (Å²) in [5, 5.41) is 2.04. The number of primary amides is 1. The third kappa shape index (κ3) is 1.93. The number of carbonyl (C=O) groups excluding carboxylic acids is 1. The fourth-order valence-electron chi connectivity index (χ4n) is 2.46. The predicted molar refractivity (Wildman–Crippen MR) is 80.4 cm³/mol. The number of pyridine rings is 1. The van der Waals surface area contributed by atoms with Crippen LogP contribution >= 0.6 is 0 Å². The number of amides is 1. The number of hydrogen-bond acceptors (Lipinski definition) is 2. The molecule has 0 atom stereocenters. The first-order valence-corrected chi connectivity index (χ1v) is 6.43. The maximum atomic E-state index is 11.6. The van der Waals surface area contributed by atoms with Gasteiger partial charge < -0.3 is 5.73 Å². The molecule has 0 saturated carbocycles. The van der Waals surface area contributed by atoms with Crippen LogP contribution in [-0.2, 0) is 0 Å². The second-order valence-electron chi connectivity index (χ2n) is 4.71. The number of nitrogens with zero attached hydrogens (tertiary/aromatic N) is 1. The van der Waals surface area contributed by atoms with Gasteiger partial charge >= 0.3 is 0 Å². The Hall–Kier alpha value is -2.68. The molecule has 3 rings (SSSR count). The number of hydrogen-bond donors (Lipinski definition) is 1. The average Bonchev–Trinajstić information content (AvgIpc) is 2.48. The van der Waals surface area contributed by atoms with E-state index in [0.717, 1.165) is 27.6 Å². The van der Waals surface area contributed by atoms with Gasteiger partial charge in [-0.3, -0.25) is 4.79 Å². The molecule has 0 aliphatic rings. The van der Waals surface area contributed by atoms with Crippen molar-refractivity contribution in [2.75, 3.05) is 0 Å². The van der Waals surface area contributed by atoms with E-state index in [1.807, 2.05) is 61.5 Å². The van der Waals surface area contributed by atoms with Crippen molar-refractivity contribution in [3.63, 3.8) is 0 Å². The van der Waals surface area contributed by atoms with Gasteiger partial charge in [0.05, 0.1) is 5.69 Å². The molecular formula is C17H14N2O. The van der Waals surface area contributed by atoms with Crippen LogP contribution in [0.3, 0.4) is 0 Å². The van der Waals surface area contributed by atoms with Gasteiger partial charge in [0, 0.05) is 10.9 Å². The smallest absolute Gasteiger partial charge is 0.267 e. The quantitative estimate of drug-likeness (QED) is 0.770. The van der Waals surface area contributed by atoms with E-state index in [9.17, 15) is 4.79 Å². The SMILES string of the molecule is Cc1c(C(N)=O)nc(-c2ccccc2)c2ccccc12. The summed E-state index contributed by atoms with van der Waals surface area (Å²) in [6, 6.07) is 17.8. The maximum Gasteiger partial charge on any atom is 0.267 e. The third-order valence-electron chi connectivity index (χ3n) is 3.45. The molecule has 0 unspecified atom stereocenters. The molecule has 0 radical (unpaired) electrons. The highest BCUT2D eigenvalue weighted by atomic mass is 16.1. The van der Waals surface area contributed by atoms with E-state index in [1.165, 1.54) is 0 Å². The van der Waals surface area contributed by atoms with Crippen molar-refractivity contribution in [2.24, 2.45) is 5.73 Å². The first kappa shape index (κ1) is 12.4. The number of carbonyl (C=O) groups is 1. The summed E-state index contributed by atoms with van der Waals surface area (Å²) < 4.78 is 0. The van der Waals surface area contributed by atoms with Gasteiger partial charge in [-0.25, -0.2) is 4.98 Å². The van der Waals surface area contributed by atoms with Crippen molar-refractivity contribution in [3.05, 3.63) is 65.9 Å². The number of rotatable bonds is 2. The van der Waals surface area contributed by atoms with E-state index < -0.39 is 5.91 Å². The molecule has 2 aromatic carbocycles. The van der Waals surface area contributed by atoms with E-state index in [1.54, 1.807) is 0 Å². The van der Waals surface area contributed by atoms with Gasteiger partial charge in [-0.2, -0.15) is 0 Å². The second-order valence-corrected chi connectivity index (χ2v) is 4.71. The molecule has 1 amide bonds. The summed E-state index contributed by atoms with van der Waals surface area (Å²) >= 11 is 0. The van der Waals surface area contributed by atoms with Crippen molar-refractivity contribution in [1.82, 2.24) is 4.98 Å². The van der Waals surface area contributed by atoms with Gasteiger partial charge in [0.15, 0.2) is 0 Å². The van der Waals surface area contributed by atoms with Crippen molar-refractivity contribution < 1.29 is 4.79 Å². The lowest BCUT2D eigenvalue weighted by Gasteiger charge is -2.11. The molecule has 1 aromatic heterocycles. The molecule has 3 heteroatoms. The highest BCUT2D eigenvalue weighted by molar-refractivity contribution is 6.03. The Bertz CT molecular complexity index is 795. The summed E-state index contributed by atoms with van der Waals surface area (Å²) in [5.74, 6) is -0.495. The van der Waals surface area contributed by atoms with E-state index in [-0.39, 0.29) is 0 Å². The maximum absolute atomic E-state index is 11.6. The lowest BCUT2D eigenvalue weighted by atomic mass is 9.99. The van der Waals surface area contributed by atoms with Crippen LogP contribution in [0, 0.1) is 6.92 Å². The van der Waals surface area contributed by atoms with Crippen LogP contribution in [0.5, 0.6) is 0 Å². The Morgan fingerprint density at radius 2 is 1.55 bits per heavy atom. The van der Waals surface area contributed by atoms with Crippen LogP contribution in [0.1, 0.15) is 16.1 Å². The molecule has 20 heavy (non-hydrogen) atoms. The zero-order valence-electron chi connectivity index (χ0n) is 11.1. The zero-order chi connectivity index (χ0) is 14.1. The molecule has 0 fully saturated rings. The fraction of sp³-hybridized carbons (Fsp3) is 0.0588. The molecule has 0 saturated heterocycles. The van der Waals surface area contributed by atoms with Gasteiger partial charge in [-0.15, -0.1) is 0 Å². The number of aromatic nitrogens is 1. The van der Waals surface area contributed by atoms with Crippen molar-refractivity contribution in [2.45, 2.75) is 6.92 Å². The first-order chi connectivity index (χ1) is 9.68. The summed E-state index contributed by atoms with van der Waals surface area (Å²) in [6.07, 6.45) is 0. The van der Waals surface area contributed by atoms with Crippen LogP contribution < -0.4 is 5.73 Å². The topological polar surface area (TPSA) is 56.0 Å². The van der Waals surface area contributed by atoms with Crippen molar-refractivity contribution in [3.8, 4) is 11.3 Å². The van der Waals surface area contributed by atoms with Gasteiger partial charge in [-0.05, 0) is 17.9 Å². The van der Waals surface area contributed by atoms with E-state index in [4.69, 9.17) is 5.73 Å². The Balaban J connectivity index is 2.42. The number of fused-ring (bicyclic) bond motifs is 1. The monoisotopic (exact) mass is 262 g/mol. The second kappa shape index (κ2) is 4.78. The van der Waals surface area contributed by atoms with Crippen LogP contribution in [0.2, 0.25) is 0 Å². The normalized spacial score (nSPS) is 10.7. The van der Waals surface area contributed by atoms with Crippen molar-refractivity contribution >= 4 is 16.7 Å². The first-order valence-electron chi connectivity index (χ1n) is 6.43. The average molecular weight is 262 g/mol. The minimum Gasteiger partial charge on any atom is -0.364 e. The minimum absolute atomic E-state index is 0.336. The third-order valence-corrected chi connectivity index (χ3v) is 3.45. The molecule has 0 aliphatic heterocycles. The van der Waals surface area contributed by atoms with Gasteiger partial charge in [-0.1, -0.05) is 54.6 Å². The van der Waals surface area contributed by atoms with Crippen LogP contribution in [0.4, 0.5) is 0 Å². The zero-order valence-corrected chi connectivity index (χ0v) is 11.1. The Morgan fingerprint density at radius 1 is 0.950 bits per heavy atom. The van der Waals surface area contributed by atoms with E-state index >= 15 is 0 Å². The minimum atomic E-state index is -0.495. The molecule has 0 spiro atoms. The highest BCUT2D eigenvalue weighted by Crippen LogP contribution is 2.30. The molecule has 0 bridgehead atoms. The van der Waals surface area contributed by atoms with E-state index in [0.29, 0.717) is 5.69 Å². The Morgan fingerprint density at radius 3 is 2.20 bits per heavy atom. The standard InChI is InChI=1S/C17H14N2O/c1-11-13-9-5-6-10-14(13)16(19-15(11)17(18)20)12-7-3-2-4-8-12/h2-10H,1H3,(H2,18,20). The lowest BCUT2D eigenvalue weighted by molar-refractivity contribution is 0.0995. The largest absolute Gasteiger partial charge is 0.364 e. The van der Waals surface area contributed by atoms with Crippen LogP contribution in [-0.4, -0.2) is 10.9 Å². The van der Waals surface area contributed by atoms with Gasteiger partial charge in [0.2, 0.25) is 0 Å². The summed E-state index contributed by atoms with van der Waals surface area (Å²) in [5.41, 5.74) is 8.38. The van der Waals surface area contributed by atoms with Crippen LogP contribution in [0.15, 0.2) is 54.6 Å². The number of aryl methyl sites for hydroxylation is 1. The summed E-state index contributed by atoms with van der Waals surface area (Å²) in [4.78, 5) is 16.1. The molecule has 3 aromatic rings. The highest BCUT2D eigenvalue weighted by Gasteiger charge is 2.15. The predicted octanol–water partition coefficient (Wildman–Crippen LogP) is 3.31. The fourth-order valence-corrected chi connectivity index (χ4v) is 2.46. The van der Waals surface area contributed by atoms with Gasteiger partial charge in [0.25, 0.3) is 5.91 Å². The summed E-state index contributed by atoms with van der Waals surface area (Å²) in [7, 11) is 0. The molecule has 1 heterocycles. The number of nitrogens with two attached hydrogens (primary N) is 1. The number of benzene rings is 2. The Labute approximate surface area is 117 Å². The molecule has 98 valence electrons.